The van der Waals surface area contributed by atoms with Crippen LogP contribution in [0.2, 0.25) is 0 Å². The maximum atomic E-state index is 12.9. The van der Waals surface area contributed by atoms with Crippen molar-refractivity contribution in [2.24, 2.45) is 0 Å². The van der Waals surface area contributed by atoms with Crippen LogP contribution in [0, 0.1) is 5.82 Å². The molecule has 5 heteroatoms. The lowest BCUT2D eigenvalue weighted by atomic mass is 10.2. The average Bonchev–Trinajstić information content (AvgIpc) is 3.01. The lowest BCUT2D eigenvalue weighted by molar-refractivity contribution is 0.475. The van der Waals surface area contributed by atoms with E-state index in [9.17, 15) is 9.50 Å². The van der Waals surface area contributed by atoms with Crippen molar-refractivity contribution < 1.29 is 18.7 Å². The van der Waals surface area contributed by atoms with E-state index in [0.717, 1.165) is 5.56 Å². The van der Waals surface area contributed by atoms with Crippen LogP contribution in [-0.4, -0.2) is 10.1 Å². The van der Waals surface area contributed by atoms with Crippen LogP contribution in [0.25, 0.3) is 22.6 Å². The molecule has 0 saturated heterocycles. The van der Waals surface area contributed by atoms with Crippen molar-refractivity contribution in [1.29, 1.82) is 0 Å². The van der Waals surface area contributed by atoms with Gasteiger partial charge >= 0.3 is 0 Å². The van der Waals surface area contributed by atoms with Crippen molar-refractivity contribution in [1.82, 2.24) is 4.98 Å². The Morgan fingerprint density at radius 2 is 1.58 bits per heavy atom. The minimum absolute atomic E-state index is 0.185. The molecule has 0 unspecified atom stereocenters. The van der Waals surface area contributed by atoms with E-state index in [1.54, 1.807) is 54.6 Å². The zero-order valence-electron chi connectivity index (χ0n) is 12.4. The molecular formula is C19H12FNO3. The van der Waals surface area contributed by atoms with Gasteiger partial charge in [-0.05, 0) is 60.7 Å². The number of hydrogen-bond donors (Lipinski definition) is 1. The maximum absolute atomic E-state index is 12.9. The predicted octanol–water partition coefficient (Wildman–Crippen LogP) is 5.13. The van der Waals surface area contributed by atoms with Crippen molar-refractivity contribution in [2.75, 3.05) is 0 Å². The fourth-order valence-electron chi connectivity index (χ4n) is 2.33. The van der Waals surface area contributed by atoms with Gasteiger partial charge in [-0.15, -0.1) is 0 Å². The van der Waals surface area contributed by atoms with Gasteiger partial charge in [-0.2, -0.15) is 0 Å². The van der Waals surface area contributed by atoms with Crippen molar-refractivity contribution in [3.8, 4) is 28.7 Å². The van der Waals surface area contributed by atoms with Gasteiger partial charge in [-0.1, -0.05) is 0 Å². The Hall–Kier alpha value is -3.34. The minimum Gasteiger partial charge on any atom is -0.508 e. The van der Waals surface area contributed by atoms with E-state index in [-0.39, 0.29) is 11.6 Å². The summed E-state index contributed by atoms with van der Waals surface area (Å²) in [6, 6.07) is 17.7. The van der Waals surface area contributed by atoms with Gasteiger partial charge in [0.15, 0.2) is 5.58 Å². The molecule has 118 valence electrons. The number of ether oxygens (including phenoxy) is 1. The Bertz CT molecular complexity index is 991. The zero-order valence-corrected chi connectivity index (χ0v) is 12.4. The van der Waals surface area contributed by atoms with Crippen molar-refractivity contribution >= 4 is 11.1 Å². The first-order valence-corrected chi connectivity index (χ1v) is 7.31. The number of aromatic hydroxyl groups is 1. The van der Waals surface area contributed by atoms with Crippen molar-refractivity contribution in [3.05, 3.63) is 72.5 Å². The third-order valence-corrected chi connectivity index (χ3v) is 3.52. The molecule has 0 aliphatic rings. The summed E-state index contributed by atoms with van der Waals surface area (Å²) in [6.07, 6.45) is 0. The summed E-state index contributed by atoms with van der Waals surface area (Å²) in [5, 5.41) is 9.35. The largest absolute Gasteiger partial charge is 0.508 e. The van der Waals surface area contributed by atoms with Crippen molar-refractivity contribution in [3.63, 3.8) is 0 Å². The second-order valence-corrected chi connectivity index (χ2v) is 5.25. The van der Waals surface area contributed by atoms with Gasteiger partial charge in [0.2, 0.25) is 5.89 Å². The molecule has 1 aromatic heterocycles. The van der Waals surface area contributed by atoms with Crippen LogP contribution in [-0.2, 0) is 0 Å². The highest BCUT2D eigenvalue weighted by atomic mass is 19.1. The monoisotopic (exact) mass is 321 g/mol. The van der Waals surface area contributed by atoms with Gasteiger partial charge in [0.05, 0.1) is 0 Å². The Balaban J connectivity index is 1.65. The van der Waals surface area contributed by atoms with Gasteiger partial charge in [-0.3, -0.25) is 0 Å². The van der Waals surface area contributed by atoms with E-state index in [1.807, 2.05) is 0 Å². The normalized spacial score (nSPS) is 10.9. The predicted molar refractivity (Wildman–Crippen MR) is 87.6 cm³/mol. The number of phenolic OH excluding ortho intramolecular Hbond substituents is 1. The maximum Gasteiger partial charge on any atom is 0.227 e. The number of halogens is 1. The third-order valence-electron chi connectivity index (χ3n) is 3.52. The van der Waals surface area contributed by atoms with Crippen LogP contribution in [0.3, 0.4) is 0 Å². The smallest absolute Gasteiger partial charge is 0.227 e. The van der Waals surface area contributed by atoms with E-state index in [2.05, 4.69) is 4.98 Å². The number of rotatable bonds is 3. The summed E-state index contributed by atoms with van der Waals surface area (Å²) in [5.74, 6) is 1.44. The van der Waals surface area contributed by atoms with Gasteiger partial charge in [-0.25, -0.2) is 9.37 Å². The lowest BCUT2D eigenvalue weighted by Gasteiger charge is -2.04. The second kappa shape index (κ2) is 5.70. The molecule has 0 bridgehead atoms. The topological polar surface area (TPSA) is 55.5 Å². The molecule has 0 aliphatic heterocycles. The van der Waals surface area contributed by atoms with Crippen LogP contribution in [0.15, 0.2) is 71.1 Å². The molecule has 0 atom stereocenters. The Labute approximate surface area is 136 Å². The highest BCUT2D eigenvalue weighted by Gasteiger charge is 2.09. The first-order valence-electron chi connectivity index (χ1n) is 7.31. The molecule has 24 heavy (non-hydrogen) atoms. The molecule has 0 spiro atoms. The highest BCUT2D eigenvalue weighted by Crippen LogP contribution is 2.29. The number of benzene rings is 3. The molecule has 3 aromatic carbocycles. The van der Waals surface area contributed by atoms with Crippen LogP contribution in [0.5, 0.6) is 17.2 Å². The average molecular weight is 321 g/mol. The van der Waals surface area contributed by atoms with Crippen LogP contribution in [0.1, 0.15) is 0 Å². The fraction of sp³-hybridized carbons (Fsp3) is 0. The summed E-state index contributed by atoms with van der Waals surface area (Å²) in [5.41, 5.74) is 2.05. The molecule has 0 saturated carbocycles. The number of oxazole rings is 1. The van der Waals surface area contributed by atoms with Crippen LogP contribution in [0.4, 0.5) is 4.39 Å². The molecule has 0 fully saturated rings. The lowest BCUT2D eigenvalue weighted by Crippen LogP contribution is -1.84. The number of aromatic nitrogens is 1. The third kappa shape index (κ3) is 2.79. The molecule has 0 amide bonds. The van der Waals surface area contributed by atoms with E-state index in [1.165, 1.54) is 12.1 Å². The van der Waals surface area contributed by atoms with E-state index in [4.69, 9.17) is 9.15 Å². The minimum atomic E-state index is -0.313. The van der Waals surface area contributed by atoms with Gasteiger partial charge in [0.25, 0.3) is 0 Å². The van der Waals surface area contributed by atoms with Gasteiger partial charge in [0, 0.05) is 11.6 Å². The SMILES string of the molecule is Oc1ccc(-c2nc3ccc(Oc4ccc(F)cc4)cc3o2)cc1. The fourth-order valence-corrected chi connectivity index (χ4v) is 2.33. The van der Waals surface area contributed by atoms with Crippen molar-refractivity contribution in [2.45, 2.75) is 0 Å². The molecule has 4 nitrogen and oxygen atoms in total. The standard InChI is InChI=1S/C19H12FNO3/c20-13-3-7-15(8-4-13)23-16-9-10-17-18(11-16)24-19(21-17)12-1-5-14(22)6-2-12/h1-11,22H. The molecule has 1 N–H and O–H groups in total. The van der Waals surface area contributed by atoms with Crippen LogP contribution >= 0.6 is 0 Å². The summed E-state index contributed by atoms with van der Waals surface area (Å²) in [7, 11) is 0. The first kappa shape index (κ1) is 14.3. The molecule has 0 aliphatic carbocycles. The summed E-state index contributed by atoms with van der Waals surface area (Å²) in [6.45, 7) is 0. The molecule has 1 heterocycles. The molecule has 0 radical (unpaired) electrons. The number of nitrogens with zero attached hydrogens (tertiary/aromatic N) is 1. The molecule has 4 aromatic rings. The Morgan fingerprint density at radius 1 is 0.875 bits per heavy atom. The number of fused-ring (bicyclic) bond motifs is 1. The summed E-state index contributed by atoms with van der Waals surface area (Å²) < 4.78 is 24.4. The zero-order chi connectivity index (χ0) is 16.5. The number of phenols is 1. The quantitative estimate of drug-likeness (QED) is 0.568. The van der Waals surface area contributed by atoms with Gasteiger partial charge < -0.3 is 14.3 Å². The molecule has 4 rings (SSSR count). The highest BCUT2D eigenvalue weighted by molar-refractivity contribution is 5.77. The van der Waals surface area contributed by atoms with E-state index >= 15 is 0 Å². The summed E-state index contributed by atoms with van der Waals surface area (Å²) in [4.78, 5) is 4.42. The number of hydrogen-bond acceptors (Lipinski definition) is 4. The Kier molecular flexibility index (Phi) is 3.39. The van der Waals surface area contributed by atoms with E-state index < -0.39 is 0 Å². The second-order valence-electron chi connectivity index (χ2n) is 5.25. The van der Waals surface area contributed by atoms with Gasteiger partial charge in [0.1, 0.15) is 28.6 Å². The first-order chi connectivity index (χ1) is 11.7. The summed E-state index contributed by atoms with van der Waals surface area (Å²) >= 11 is 0. The van der Waals surface area contributed by atoms with Crippen LogP contribution < -0.4 is 4.74 Å². The molecular weight excluding hydrogens is 309 g/mol. The Morgan fingerprint density at radius 3 is 2.33 bits per heavy atom. The van der Waals surface area contributed by atoms with E-state index in [0.29, 0.717) is 28.5 Å².